The second-order valence-corrected chi connectivity index (χ2v) is 6.82. The second-order valence-electron chi connectivity index (χ2n) is 4.62. The van der Waals surface area contributed by atoms with Crippen LogP contribution in [0.4, 0.5) is 10.8 Å². The Labute approximate surface area is 141 Å². The molecule has 23 heavy (non-hydrogen) atoms. The SMILES string of the molecule is O=C(CSc1nnc(Nc2ccccc2)s1)c1ccc(O)cc1. The number of aromatic hydroxyl groups is 1. The van der Waals surface area contributed by atoms with Crippen LogP contribution in [-0.2, 0) is 0 Å². The van der Waals surface area contributed by atoms with Crippen molar-refractivity contribution < 1.29 is 9.90 Å². The Hall–Kier alpha value is -2.38. The number of carbonyl (C=O) groups is 1. The molecule has 0 aliphatic rings. The fourth-order valence-electron chi connectivity index (χ4n) is 1.82. The van der Waals surface area contributed by atoms with Crippen LogP contribution in [0.3, 0.4) is 0 Å². The molecule has 0 amide bonds. The van der Waals surface area contributed by atoms with E-state index >= 15 is 0 Å². The summed E-state index contributed by atoms with van der Waals surface area (Å²) in [5.74, 6) is 0.419. The molecule has 0 spiro atoms. The summed E-state index contributed by atoms with van der Waals surface area (Å²) in [6, 6.07) is 16.0. The van der Waals surface area contributed by atoms with Crippen LogP contribution in [-0.4, -0.2) is 26.8 Å². The maximum atomic E-state index is 12.1. The van der Waals surface area contributed by atoms with Gasteiger partial charge in [0.15, 0.2) is 10.1 Å². The molecular weight excluding hydrogens is 330 g/mol. The van der Waals surface area contributed by atoms with E-state index in [0.717, 1.165) is 10.0 Å². The standard InChI is InChI=1S/C16H13N3O2S2/c20-13-8-6-11(7-9-13)14(21)10-22-16-19-18-15(23-16)17-12-4-2-1-3-5-12/h1-9,20H,10H2,(H,17,18). The number of Topliss-reactive ketones (excluding diaryl/α,β-unsaturated/α-hetero) is 1. The van der Waals surface area contributed by atoms with Gasteiger partial charge in [-0.3, -0.25) is 4.79 Å². The van der Waals surface area contributed by atoms with Gasteiger partial charge >= 0.3 is 0 Å². The highest BCUT2D eigenvalue weighted by Crippen LogP contribution is 2.28. The highest BCUT2D eigenvalue weighted by molar-refractivity contribution is 8.01. The lowest BCUT2D eigenvalue weighted by Crippen LogP contribution is -2.01. The van der Waals surface area contributed by atoms with E-state index in [2.05, 4.69) is 15.5 Å². The maximum Gasteiger partial charge on any atom is 0.210 e. The monoisotopic (exact) mass is 343 g/mol. The first-order valence-electron chi connectivity index (χ1n) is 6.81. The molecule has 0 fully saturated rings. The Morgan fingerprint density at radius 1 is 1.09 bits per heavy atom. The number of para-hydroxylation sites is 1. The fourth-order valence-corrected chi connectivity index (χ4v) is 3.49. The number of rotatable bonds is 6. The van der Waals surface area contributed by atoms with Crippen molar-refractivity contribution in [1.82, 2.24) is 10.2 Å². The van der Waals surface area contributed by atoms with Crippen molar-refractivity contribution >= 4 is 39.7 Å². The summed E-state index contributed by atoms with van der Waals surface area (Å²) in [6.07, 6.45) is 0. The lowest BCUT2D eigenvalue weighted by Gasteiger charge is -2.00. The molecular formula is C16H13N3O2S2. The number of hydrogen-bond acceptors (Lipinski definition) is 7. The zero-order valence-electron chi connectivity index (χ0n) is 12.0. The molecule has 116 valence electrons. The van der Waals surface area contributed by atoms with Gasteiger partial charge in [-0.15, -0.1) is 10.2 Å². The smallest absolute Gasteiger partial charge is 0.210 e. The number of anilines is 2. The van der Waals surface area contributed by atoms with Crippen LogP contribution in [0, 0.1) is 0 Å². The average molecular weight is 343 g/mol. The van der Waals surface area contributed by atoms with Crippen molar-refractivity contribution in [3.05, 3.63) is 60.2 Å². The molecule has 1 heterocycles. The summed E-state index contributed by atoms with van der Waals surface area (Å²) in [5.41, 5.74) is 1.52. The third-order valence-corrected chi connectivity index (χ3v) is 4.92. The minimum Gasteiger partial charge on any atom is -0.508 e. The van der Waals surface area contributed by atoms with Crippen LogP contribution in [0.2, 0.25) is 0 Å². The number of phenolic OH excluding ortho intramolecular Hbond substituents is 1. The van der Waals surface area contributed by atoms with Crippen LogP contribution in [0.5, 0.6) is 5.75 Å². The van der Waals surface area contributed by atoms with E-state index in [4.69, 9.17) is 0 Å². The van der Waals surface area contributed by atoms with E-state index in [1.165, 1.54) is 35.2 Å². The number of phenols is 1. The Kier molecular flexibility index (Phi) is 4.89. The quantitative estimate of drug-likeness (QED) is 0.521. The van der Waals surface area contributed by atoms with E-state index in [9.17, 15) is 9.90 Å². The molecule has 0 radical (unpaired) electrons. The lowest BCUT2D eigenvalue weighted by molar-refractivity contribution is 0.102. The zero-order chi connectivity index (χ0) is 16.1. The number of ketones is 1. The summed E-state index contributed by atoms with van der Waals surface area (Å²) >= 11 is 2.76. The number of nitrogens with zero attached hydrogens (tertiary/aromatic N) is 2. The van der Waals surface area contributed by atoms with Gasteiger partial charge in [-0.2, -0.15) is 0 Å². The number of aromatic nitrogens is 2. The fraction of sp³-hybridized carbons (Fsp3) is 0.0625. The number of thioether (sulfide) groups is 1. The van der Waals surface area contributed by atoms with E-state index in [1.54, 1.807) is 12.1 Å². The molecule has 0 bridgehead atoms. The largest absolute Gasteiger partial charge is 0.508 e. The molecule has 7 heteroatoms. The number of nitrogens with one attached hydrogen (secondary N) is 1. The topological polar surface area (TPSA) is 75.1 Å². The summed E-state index contributed by atoms with van der Waals surface area (Å²) < 4.78 is 0.732. The Morgan fingerprint density at radius 3 is 2.57 bits per heavy atom. The van der Waals surface area contributed by atoms with Gasteiger partial charge < -0.3 is 10.4 Å². The molecule has 0 aliphatic carbocycles. The molecule has 5 nitrogen and oxygen atoms in total. The predicted octanol–water partition coefficient (Wildman–Crippen LogP) is 3.96. The molecule has 2 N–H and O–H groups in total. The average Bonchev–Trinajstić information content (AvgIpc) is 3.02. The minimum absolute atomic E-state index is 0.0113. The molecule has 1 aromatic heterocycles. The van der Waals surface area contributed by atoms with Crippen LogP contribution in [0.25, 0.3) is 0 Å². The Morgan fingerprint density at radius 2 is 1.83 bits per heavy atom. The Bertz CT molecular complexity index is 789. The summed E-state index contributed by atoms with van der Waals surface area (Å²) in [5, 5.41) is 21.2. The first-order chi connectivity index (χ1) is 11.2. The summed E-state index contributed by atoms with van der Waals surface area (Å²) in [7, 11) is 0. The molecule has 0 saturated carbocycles. The van der Waals surface area contributed by atoms with Crippen LogP contribution in [0.1, 0.15) is 10.4 Å². The third kappa shape index (κ3) is 4.30. The van der Waals surface area contributed by atoms with Crippen molar-refractivity contribution in [1.29, 1.82) is 0 Å². The minimum atomic E-state index is -0.0113. The normalized spacial score (nSPS) is 10.4. The van der Waals surface area contributed by atoms with Crippen molar-refractivity contribution in [3.63, 3.8) is 0 Å². The maximum absolute atomic E-state index is 12.1. The molecule has 0 aliphatic heterocycles. The van der Waals surface area contributed by atoms with Gasteiger partial charge in [-0.05, 0) is 36.4 Å². The molecule has 0 saturated heterocycles. The van der Waals surface area contributed by atoms with Crippen LogP contribution in [0.15, 0.2) is 58.9 Å². The lowest BCUT2D eigenvalue weighted by atomic mass is 10.1. The molecule has 3 aromatic rings. The van der Waals surface area contributed by atoms with E-state index in [1.807, 2.05) is 30.3 Å². The summed E-state index contributed by atoms with van der Waals surface area (Å²) in [4.78, 5) is 12.1. The number of carbonyl (C=O) groups excluding carboxylic acids is 1. The van der Waals surface area contributed by atoms with E-state index in [-0.39, 0.29) is 17.3 Å². The third-order valence-electron chi connectivity index (χ3n) is 2.95. The molecule has 3 rings (SSSR count). The van der Waals surface area contributed by atoms with E-state index in [0.29, 0.717) is 10.7 Å². The highest BCUT2D eigenvalue weighted by Gasteiger charge is 2.10. The first-order valence-corrected chi connectivity index (χ1v) is 8.61. The molecule has 0 atom stereocenters. The van der Waals surface area contributed by atoms with Gasteiger partial charge in [0.25, 0.3) is 0 Å². The van der Waals surface area contributed by atoms with Gasteiger partial charge in [-0.1, -0.05) is 41.3 Å². The second kappa shape index (κ2) is 7.26. The van der Waals surface area contributed by atoms with E-state index < -0.39 is 0 Å². The van der Waals surface area contributed by atoms with Crippen molar-refractivity contribution in [2.45, 2.75) is 4.34 Å². The first kappa shape index (κ1) is 15.5. The number of hydrogen-bond donors (Lipinski definition) is 2. The molecule has 2 aromatic carbocycles. The van der Waals surface area contributed by atoms with Gasteiger partial charge in [0, 0.05) is 11.3 Å². The van der Waals surface area contributed by atoms with Crippen molar-refractivity contribution in [2.24, 2.45) is 0 Å². The predicted molar refractivity (Wildman–Crippen MR) is 92.8 cm³/mol. The zero-order valence-corrected chi connectivity index (χ0v) is 13.6. The van der Waals surface area contributed by atoms with Crippen LogP contribution < -0.4 is 5.32 Å². The van der Waals surface area contributed by atoms with Crippen LogP contribution >= 0.6 is 23.1 Å². The highest BCUT2D eigenvalue weighted by atomic mass is 32.2. The van der Waals surface area contributed by atoms with Gasteiger partial charge in [0.1, 0.15) is 5.75 Å². The Balaban J connectivity index is 1.57. The van der Waals surface area contributed by atoms with Gasteiger partial charge in [-0.25, -0.2) is 0 Å². The molecule has 0 unspecified atom stereocenters. The van der Waals surface area contributed by atoms with Crippen molar-refractivity contribution in [2.75, 3.05) is 11.1 Å². The van der Waals surface area contributed by atoms with Gasteiger partial charge in [0.2, 0.25) is 5.13 Å². The van der Waals surface area contributed by atoms with Gasteiger partial charge in [0.05, 0.1) is 5.75 Å². The summed E-state index contributed by atoms with van der Waals surface area (Å²) in [6.45, 7) is 0. The van der Waals surface area contributed by atoms with Crippen molar-refractivity contribution in [3.8, 4) is 5.75 Å². The number of benzene rings is 2.